The Balaban J connectivity index is 1.57. The van der Waals surface area contributed by atoms with E-state index in [-0.39, 0.29) is 24.1 Å². The van der Waals surface area contributed by atoms with Gasteiger partial charge in [0.15, 0.2) is 0 Å². The molecular formula is C21H20N4O2. The van der Waals surface area contributed by atoms with Crippen molar-refractivity contribution in [2.75, 3.05) is 6.54 Å². The molecule has 3 heterocycles. The molecule has 1 saturated heterocycles. The van der Waals surface area contributed by atoms with Crippen LogP contribution in [0, 0.1) is 0 Å². The number of nitrogens with zero attached hydrogens (tertiary/aromatic N) is 4. The number of pyridine rings is 1. The topological polar surface area (TPSA) is 68.1 Å². The van der Waals surface area contributed by atoms with Crippen LogP contribution < -0.4 is 5.56 Å². The minimum absolute atomic E-state index is 0.0132. The van der Waals surface area contributed by atoms with Crippen molar-refractivity contribution in [1.82, 2.24) is 19.7 Å². The summed E-state index contributed by atoms with van der Waals surface area (Å²) in [4.78, 5) is 31.1. The van der Waals surface area contributed by atoms with Crippen LogP contribution in [0.15, 0.2) is 71.8 Å². The second-order valence-corrected chi connectivity index (χ2v) is 6.61. The molecule has 3 aromatic rings. The molecule has 1 amide bonds. The molecule has 6 heteroatoms. The molecule has 0 saturated carbocycles. The third-order valence-electron chi connectivity index (χ3n) is 4.86. The highest BCUT2D eigenvalue weighted by atomic mass is 16.2. The maximum atomic E-state index is 12.9. The summed E-state index contributed by atoms with van der Waals surface area (Å²) in [5, 5.41) is 4.40. The summed E-state index contributed by atoms with van der Waals surface area (Å²) in [6.07, 6.45) is 5.38. The fourth-order valence-corrected chi connectivity index (χ4v) is 3.53. The van der Waals surface area contributed by atoms with Crippen LogP contribution in [-0.2, 0) is 11.3 Å². The van der Waals surface area contributed by atoms with Gasteiger partial charge in [0, 0.05) is 30.6 Å². The largest absolute Gasteiger partial charge is 0.334 e. The molecule has 1 atom stereocenters. The van der Waals surface area contributed by atoms with Crippen molar-refractivity contribution in [3.63, 3.8) is 0 Å². The van der Waals surface area contributed by atoms with Gasteiger partial charge in [-0.2, -0.15) is 5.10 Å². The molecule has 1 aromatic carbocycles. The number of carbonyl (C=O) groups is 1. The van der Waals surface area contributed by atoms with Crippen LogP contribution in [0.1, 0.15) is 24.4 Å². The predicted molar refractivity (Wildman–Crippen MR) is 102 cm³/mol. The molecule has 4 rings (SSSR count). The minimum atomic E-state index is -0.278. The normalized spacial score (nSPS) is 16.4. The highest BCUT2D eigenvalue weighted by Gasteiger charge is 2.30. The van der Waals surface area contributed by atoms with Crippen molar-refractivity contribution in [1.29, 1.82) is 0 Å². The molecule has 136 valence electrons. The van der Waals surface area contributed by atoms with Crippen molar-refractivity contribution in [2.24, 2.45) is 0 Å². The molecule has 0 spiro atoms. The Morgan fingerprint density at radius 2 is 1.93 bits per heavy atom. The van der Waals surface area contributed by atoms with E-state index in [0.29, 0.717) is 12.2 Å². The number of aromatic nitrogens is 3. The first-order chi connectivity index (χ1) is 13.2. The van der Waals surface area contributed by atoms with Crippen molar-refractivity contribution >= 4 is 5.91 Å². The van der Waals surface area contributed by atoms with Gasteiger partial charge in [0.1, 0.15) is 6.54 Å². The number of amides is 1. The first-order valence-electron chi connectivity index (χ1n) is 9.05. The number of hydrogen-bond donors (Lipinski definition) is 0. The van der Waals surface area contributed by atoms with E-state index in [1.54, 1.807) is 18.5 Å². The highest BCUT2D eigenvalue weighted by molar-refractivity contribution is 5.76. The maximum Gasteiger partial charge on any atom is 0.267 e. The van der Waals surface area contributed by atoms with E-state index in [1.807, 2.05) is 47.4 Å². The summed E-state index contributed by atoms with van der Waals surface area (Å²) in [7, 11) is 0. The lowest BCUT2D eigenvalue weighted by atomic mass is 10.1. The lowest BCUT2D eigenvalue weighted by Gasteiger charge is -2.25. The standard InChI is InChI=1S/C21H20N4O2/c26-20-11-10-18(16-6-2-1-3-7-16)23-25(20)15-21(27)24-13-5-9-19(24)17-8-4-12-22-14-17/h1-4,6-8,10-12,14,19H,5,9,13,15H2. The van der Waals surface area contributed by atoms with Crippen LogP contribution in [0.25, 0.3) is 11.3 Å². The Morgan fingerprint density at radius 1 is 1.07 bits per heavy atom. The van der Waals surface area contributed by atoms with E-state index in [4.69, 9.17) is 0 Å². The first-order valence-corrected chi connectivity index (χ1v) is 9.05. The quantitative estimate of drug-likeness (QED) is 0.717. The summed E-state index contributed by atoms with van der Waals surface area (Å²) in [5.41, 5.74) is 2.34. The summed E-state index contributed by atoms with van der Waals surface area (Å²) in [6.45, 7) is 0.627. The van der Waals surface area contributed by atoms with E-state index in [1.165, 1.54) is 10.7 Å². The van der Waals surface area contributed by atoms with Crippen LogP contribution in [0.2, 0.25) is 0 Å². The molecule has 0 radical (unpaired) electrons. The van der Waals surface area contributed by atoms with E-state index in [9.17, 15) is 9.59 Å². The fourth-order valence-electron chi connectivity index (χ4n) is 3.53. The van der Waals surface area contributed by atoms with Crippen molar-refractivity contribution in [3.8, 4) is 11.3 Å². The number of benzene rings is 1. The molecule has 0 aliphatic carbocycles. The van der Waals surface area contributed by atoms with Gasteiger partial charge in [0.05, 0.1) is 11.7 Å². The van der Waals surface area contributed by atoms with E-state index < -0.39 is 0 Å². The lowest BCUT2D eigenvalue weighted by molar-refractivity contribution is -0.133. The Labute approximate surface area is 157 Å². The number of rotatable bonds is 4. The molecule has 1 unspecified atom stereocenters. The van der Waals surface area contributed by atoms with Crippen LogP contribution in [-0.4, -0.2) is 32.1 Å². The predicted octanol–water partition coefficient (Wildman–Crippen LogP) is 2.67. The van der Waals surface area contributed by atoms with Gasteiger partial charge in [-0.3, -0.25) is 14.6 Å². The fraction of sp³-hybridized carbons (Fsp3) is 0.238. The van der Waals surface area contributed by atoms with Crippen molar-refractivity contribution < 1.29 is 4.79 Å². The van der Waals surface area contributed by atoms with Crippen molar-refractivity contribution in [2.45, 2.75) is 25.4 Å². The lowest BCUT2D eigenvalue weighted by Crippen LogP contribution is -2.37. The van der Waals surface area contributed by atoms with E-state index >= 15 is 0 Å². The van der Waals surface area contributed by atoms with Gasteiger partial charge in [-0.15, -0.1) is 0 Å². The Morgan fingerprint density at radius 3 is 2.70 bits per heavy atom. The molecule has 0 bridgehead atoms. The van der Waals surface area contributed by atoms with Gasteiger partial charge in [-0.1, -0.05) is 36.4 Å². The molecule has 2 aromatic heterocycles. The number of hydrogen-bond acceptors (Lipinski definition) is 4. The van der Waals surface area contributed by atoms with E-state index in [2.05, 4.69) is 10.1 Å². The Bertz CT molecular complexity index is 986. The van der Waals surface area contributed by atoms with E-state index in [0.717, 1.165) is 24.0 Å². The van der Waals surface area contributed by atoms with Gasteiger partial charge in [-0.25, -0.2) is 4.68 Å². The Kier molecular flexibility index (Phi) is 4.78. The van der Waals surface area contributed by atoms with Gasteiger partial charge in [0.2, 0.25) is 5.91 Å². The van der Waals surface area contributed by atoms with Crippen LogP contribution in [0.4, 0.5) is 0 Å². The smallest absolute Gasteiger partial charge is 0.267 e. The summed E-state index contributed by atoms with van der Waals surface area (Å²) < 4.78 is 1.25. The van der Waals surface area contributed by atoms with Gasteiger partial charge in [0.25, 0.3) is 5.56 Å². The molecule has 27 heavy (non-hydrogen) atoms. The zero-order valence-electron chi connectivity index (χ0n) is 14.9. The molecule has 1 aliphatic heterocycles. The second-order valence-electron chi connectivity index (χ2n) is 6.61. The second kappa shape index (κ2) is 7.53. The van der Waals surface area contributed by atoms with Crippen molar-refractivity contribution in [3.05, 3.63) is 82.9 Å². The van der Waals surface area contributed by atoms with Gasteiger partial charge >= 0.3 is 0 Å². The zero-order chi connectivity index (χ0) is 18.6. The summed E-state index contributed by atoms with van der Waals surface area (Å²) in [6, 6.07) is 16.7. The number of likely N-dealkylation sites (tertiary alicyclic amines) is 1. The third kappa shape index (κ3) is 3.65. The minimum Gasteiger partial charge on any atom is -0.334 e. The molecular weight excluding hydrogens is 340 g/mol. The summed E-state index contributed by atoms with van der Waals surface area (Å²) in [5.74, 6) is -0.0961. The maximum absolute atomic E-state index is 12.9. The van der Waals surface area contributed by atoms with Crippen LogP contribution >= 0.6 is 0 Å². The average molecular weight is 360 g/mol. The number of carbonyl (C=O) groups excluding carboxylic acids is 1. The molecule has 0 N–H and O–H groups in total. The molecule has 1 fully saturated rings. The molecule has 1 aliphatic rings. The summed E-state index contributed by atoms with van der Waals surface area (Å²) >= 11 is 0. The Hall–Kier alpha value is -3.28. The average Bonchev–Trinajstić information content (AvgIpc) is 3.21. The third-order valence-corrected chi connectivity index (χ3v) is 4.86. The highest BCUT2D eigenvalue weighted by Crippen LogP contribution is 2.31. The van der Waals surface area contributed by atoms with Crippen LogP contribution in [0.3, 0.4) is 0 Å². The zero-order valence-corrected chi connectivity index (χ0v) is 14.9. The van der Waals surface area contributed by atoms with Crippen LogP contribution in [0.5, 0.6) is 0 Å². The SMILES string of the molecule is O=C(Cn1nc(-c2ccccc2)ccc1=O)N1CCCC1c1cccnc1. The molecule has 6 nitrogen and oxygen atoms in total. The monoisotopic (exact) mass is 360 g/mol. The van der Waals surface area contributed by atoms with Gasteiger partial charge < -0.3 is 4.90 Å². The van der Waals surface area contributed by atoms with Gasteiger partial charge in [-0.05, 0) is 30.5 Å². The first kappa shape index (κ1) is 17.1.